The molecular weight excluding hydrogens is 356 g/mol. The van der Waals surface area contributed by atoms with Gasteiger partial charge >= 0.3 is 0 Å². The van der Waals surface area contributed by atoms with Gasteiger partial charge in [-0.3, -0.25) is 9.69 Å². The monoisotopic (exact) mass is 388 g/mol. The van der Waals surface area contributed by atoms with Gasteiger partial charge in [0.05, 0.1) is 12.1 Å². The molecule has 1 aromatic carbocycles. The molecule has 0 aromatic heterocycles. The molecule has 3 aliphatic heterocycles. The van der Waals surface area contributed by atoms with E-state index < -0.39 is 0 Å². The van der Waals surface area contributed by atoms with Crippen molar-refractivity contribution in [2.45, 2.75) is 50.3 Å². The first-order chi connectivity index (χ1) is 13.7. The van der Waals surface area contributed by atoms with Gasteiger partial charge in [0, 0.05) is 46.0 Å². The van der Waals surface area contributed by atoms with Crippen LogP contribution in [0.2, 0.25) is 0 Å². The van der Waals surface area contributed by atoms with Crippen LogP contribution in [-0.2, 0) is 20.7 Å². The fourth-order valence-electron chi connectivity index (χ4n) is 4.60. The minimum Gasteiger partial charge on any atom is -0.483 e. The van der Waals surface area contributed by atoms with Crippen LogP contribution in [0.4, 0.5) is 0 Å². The largest absolute Gasteiger partial charge is 0.483 e. The average Bonchev–Trinajstić information content (AvgIpc) is 3.16. The number of rotatable bonds is 1. The molecule has 2 fully saturated rings. The summed E-state index contributed by atoms with van der Waals surface area (Å²) in [7, 11) is 1.89. The third-order valence-electron chi connectivity index (χ3n) is 6.36. The van der Waals surface area contributed by atoms with Crippen molar-refractivity contribution in [2.24, 2.45) is 0 Å². The molecule has 4 rings (SSSR count). The molecule has 2 atom stereocenters. The number of carbonyl (C=O) groups is 1. The number of ether oxygens (including phenoxy) is 3. The van der Waals surface area contributed by atoms with E-state index in [1.807, 2.05) is 30.1 Å². The smallest absolute Gasteiger partial charge is 0.260 e. The molecule has 3 aliphatic rings. The quantitative estimate of drug-likeness (QED) is 0.738. The minimum atomic E-state index is 0.0153. The molecule has 1 amide bonds. The van der Waals surface area contributed by atoms with Gasteiger partial charge in [-0.1, -0.05) is 18.2 Å². The number of aryl methyl sites for hydroxylation is 1. The molecule has 0 radical (unpaired) electrons. The molecule has 2 saturated heterocycles. The molecule has 6 heteroatoms. The first-order valence-corrected chi connectivity index (χ1v) is 10.6. The third kappa shape index (κ3) is 4.50. The summed E-state index contributed by atoms with van der Waals surface area (Å²) in [5.41, 5.74) is 1.17. The summed E-state index contributed by atoms with van der Waals surface area (Å²) in [6, 6.07) is 8.66. The van der Waals surface area contributed by atoms with E-state index in [-0.39, 0.29) is 24.7 Å². The summed E-state index contributed by atoms with van der Waals surface area (Å²) in [5, 5.41) is 0. The van der Waals surface area contributed by atoms with Gasteiger partial charge in [0.2, 0.25) is 0 Å². The zero-order valence-corrected chi connectivity index (χ0v) is 16.8. The van der Waals surface area contributed by atoms with Crippen LogP contribution in [0.1, 0.15) is 31.2 Å². The van der Waals surface area contributed by atoms with Crippen molar-refractivity contribution in [1.29, 1.82) is 0 Å². The van der Waals surface area contributed by atoms with Crippen molar-refractivity contribution in [3.63, 3.8) is 0 Å². The molecule has 6 nitrogen and oxygen atoms in total. The van der Waals surface area contributed by atoms with E-state index in [2.05, 4.69) is 11.0 Å². The van der Waals surface area contributed by atoms with Gasteiger partial charge in [-0.25, -0.2) is 0 Å². The Hall–Kier alpha value is -1.63. The molecule has 154 valence electrons. The maximum Gasteiger partial charge on any atom is 0.260 e. The van der Waals surface area contributed by atoms with Crippen LogP contribution in [0.15, 0.2) is 24.3 Å². The van der Waals surface area contributed by atoms with Gasteiger partial charge < -0.3 is 19.1 Å². The Bertz CT molecular complexity index is 662. The summed E-state index contributed by atoms with van der Waals surface area (Å²) in [5.74, 6) is 0.845. The molecule has 0 spiro atoms. The number of carbonyl (C=O) groups excluding carboxylic acids is 1. The number of amides is 1. The zero-order chi connectivity index (χ0) is 19.3. The molecule has 0 bridgehead atoms. The number of benzene rings is 1. The van der Waals surface area contributed by atoms with E-state index in [0.29, 0.717) is 6.04 Å². The lowest BCUT2D eigenvalue weighted by atomic mass is 10.1. The molecule has 0 N–H and O–H groups in total. The van der Waals surface area contributed by atoms with Crippen LogP contribution in [0.3, 0.4) is 0 Å². The summed E-state index contributed by atoms with van der Waals surface area (Å²) in [6.07, 6.45) is 5.23. The van der Waals surface area contributed by atoms with Gasteiger partial charge in [0.1, 0.15) is 5.75 Å². The maximum absolute atomic E-state index is 12.9. The number of fused-ring (bicyclic) bond motifs is 2. The highest BCUT2D eigenvalue weighted by molar-refractivity contribution is 5.78. The second-order valence-electron chi connectivity index (χ2n) is 8.13. The van der Waals surface area contributed by atoms with E-state index >= 15 is 0 Å². The lowest BCUT2D eigenvalue weighted by Gasteiger charge is -2.31. The Balaban J connectivity index is 1.47. The molecule has 1 aromatic rings. The van der Waals surface area contributed by atoms with Gasteiger partial charge in [-0.2, -0.15) is 0 Å². The molecule has 28 heavy (non-hydrogen) atoms. The third-order valence-corrected chi connectivity index (χ3v) is 6.36. The summed E-state index contributed by atoms with van der Waals surface area (Å²) in [6.45, 7) is 4.25. The Morgan fingerprint density at radius 2 is 1.86 bits per heavy atom. The molecule has 0 saturated carbocycles. The normalized spacial score (nSPS) is 28.5. The zero-order valence-electron chi connectivity index (χ0n) is 16.8. The van der Waals surface area contributed by atoms with Crippen LogP contribution in [0.5, 0.6) is 5.75 Å². The van der Waals surface area contributed by atoms with Crippen molar-refractivity contribution in [3.05, 3.63) is 29.8 Å². The Kier molecular flexibility index (Phi) is 6.50. The number of nitrogens with zero attached hydrogens (tertiary/aromatic N) is 2. The van der Waals surface area contributed by atoms with Crippen LogP contribution < -0.4 is 4.74 Å². The summed E-state index contributed by atoms with van der Waals surface area (Å²) < 4.78 is 17.7. The summed E-state index contributed by atoms with van der Waals surface area (Å²) in [4.78, 5) is 17.2. The van der Waals surface area contributed by atoms with Gasteiger partial charge in [-0.05, 0) is 43.7 Å². The van der Waals surface area contributed by atoms with Crippen molar-refractivity contribution in [2.75, 3.05) is 46.6 Å². The maximum atomic E-state index is 12.9. The Morgan fingerprint density at radius 1 is 1.04 bits per heavy atom. The molecule has 0 aliphatic carbocycles. The van der Waals surface area contributed by atoms with E-state index in [1.165, 1.54) is 5.56 Å². The van der Waals surface area contributed by atoms with Crippen molar-refractivity contribution in [1.82, 2.24) is 9.80 Å². The number of likely N-dealkylation sites (tertiary alicyclic amines) is 1. The predicted molar refractivity (Wildman–Crippen MR) is 107 cm³/mol. The fourth-order valence-corrected chi connectivity index (χ4v) is 4.60. The number of hydrogen-bond acceptors (Lipinski definition) is 5. The van der Waals surface area contributed by atoms with Gasteiger partial charge in [-0.15, -0.1) is 0 Å². The number of hydrogen-bond donors (Lipinski definition) is 0. The lowest BCUT2D eigenvalue weighted by molar-refractivity contribution is -0.136. The molecular formula is C22H32N2O4. The predicted octanol–water partition coefficient (Wildman–Crippen LogP) is 2.11. The van der Waals surface area contributed by atoms with Crippen LogP contribution in [-0.4, -0.2) is 80.5 Å². The second kappa shape index (κ2) is 9.25. The van der Waals surface area contributed by atoms with Gasteiger partial charge in [0.15, 0.2) is 6.61 Å². The fraction of sp³-hybridized carbons (Fsp3) is 0.682. The summed E-state index contributed by atoms with van der Waals surface area (Å²) >= 11 is 0. The van der Waals surface area contributed by atoms with E-state index in [9.17, 15) is 4.79 Å². The highest BCUT2D eigenvalue weighted by atomic mass is 16.5. The number of para-hydroxylation sites is 1. The highest BCUT2D eigenvalue weighted by Crippen LogP contribution is 2.26. The first kappa shape index (κ1) is 19.7. The highest BCUT2D eigenvalue weighted by Gasteiger charge is 2.40. The van der Waals surface area contributed by atoms with Crippen LogP contribution >= 0.6 is 0 Å². The van der Waals surface area contributed by atoms with E-state index in [4.69, 9.17) is 14.2 Å². The van der Waals surface area contributed by atoms with E-state index in [0.717, 1.165) is 70.8 Å². The minimum absolute atomic E-state index is 0.0153. The van der Waals surface area contributed by atoms with Crippen LogP contribution in [0.25, 0.3) is 0 Å². The molecule has 3 heterocycles. The van der Waals surface area contributed by atoms with Crippen molar-refractivity contribution >= 4 is 5.91 Å². The first-order valence-electron chi connectivity index (χ1n) is 10.6. The second-order valence-corrected chi connectivity index (χ2v) is 8.13. The lowest BCUT2D eigenvalue weighted by Crippen LogP contribution is -2.47. The van der Waals surface area contributed by atoms with E-state index in [1.54, 1.807) is 0 Å². The number of likely N-dealkylation sites (N-methyl/N-ethyl adjacent to an activating group) is 1. The Labute approximate surface area is 167 Å². The van der Waals surface area contributed by atoms with Crippen molar-refractivity contribution < 1.29 is 19.0 Å². The molecule has 0 unspecified atom stereocenters. The standard InChI is InChI=1S/C22H32N2O4/c1-23-19-14-24(18-9-12-26-13-10-18)15-21(19)27-11-5-4-7-17-6-2-3-8-20(17)28-16-22(23)25/h2-3,6,8,18-19,21H,4-5,7,9-16H2,1H3/t19-,21+/m0/s1. The SMILES string of the molecule is CN1C(=O)COc2ccccc2CCCCO[C@@H]2CN(C3CCOCC3)C[C@@H]21. The van der Waals surface area contributed by atoms with Crippen LogP contribution in [0, 0.1) is 0 Å². The van der Waals surface area contributed by atoms with Gasteiger partial charge in [0.25, 0.3) is 5.91 Å². The Morgan fingerprint density at radius 3 is 2.71 bits per heavy atom. The van der Waals surface area contributed by atoms with Crippen molar-refractivity contribution in [3.8, 4) is 5.75 Å². The topological polar surface area (TPSA) is 51.2 Å². The average molecular weight is 389 g/mol.